The monoisotopic (exact) mass is 395 g/mol. The summed E-state index contributed by atoms with van der Waals surface area (Å²) in [5.74, 6) is 0. The zero-order valence-electron chi connectivity index (χ0n) is 15.3. The van der Waals surface area contributed by atoms with Crippen LogP contribution in [0.3, 0.4) is 0 Å². The Morgan fingerprint density at radius 2 is 1.81 bits per heavy atom. The number of nitrogens with one attached hydrogen (secondary N) is 3. The molecule has 2 heterocycles. The Bertz CT molecular complexity index is 1010. The van der Waals surface area contributed by atoms with Crippen molar-refractivity contribution in [3.05, 3.63) is 39.0 Å². The third-order valence-corrected chi connectivity index (χ3v) is 6.27. The van der Waals surface area contributed by atoms with Crippen LogP contribution >= 0.6 is 0 Å². The second-order valence-electron chi connectivity index (χ2n) is 6.87. The van der Waals surface area contributed by atoms with Crippen molar-refractivity contribution in [1.82, 2.24) is 24.5 Å². The highest BCUT2D eigenvalue weighted by atomic mass is 32.2. The van der Waals surface area contributed by atoms with Gasteiger partial charge in [0.2, 0.25) is 10.0 Å². The minimum Gasteiger partial charge on any atom is -0.307 e. The van der Waals surface area contributed by atoms with E-state index in [4.69, 9.17) is 0 Å². The van der Waals surface area contributed by atoms with E-state index < -0.39 is 21.3 Å². The molecule has 0 spiro atoms. The lowest BCUT2D eigenvalue weighted by Gasteiger charge is -2.32. The lowest BCUT2D eigenvalue weighted by atomic mass is 10.2. The van der Waals surface area contributed by atoms with E-state index in [0.29, 0.717) is 12.1 Å². The molecule has 3 rings (SSSR count). The van der Waals surface area contributed by atoms with Crippen molar-refractivity contribution < 1.29 is 8.42 Å². The number of aromatic nitrogens is 2. The number of benzene rings is 1. The number of hydrogen-bond acceptors (Lipinski definition) is 6. The number of aromatic amines is 2. The van der Waals surface area contributed by atoms with Crippen LogP contribution in [0.2, 0.25) is 0 Å². The number of H-pyrrole nitrogens is 2. The first kappa shape index (κ1) is 19.7. The average Bonchev–Trinajstić information content (AvgIpc) is 2.62. The maximum Gasteiger partial charge on any atom is 0.326 e. The van der Waals surface area contributed by atoms with Crippen molar-refractivity contribution in [2.75, 3.05) is 46.3 Å². The summed E-state index contributed by atoms with van der Waals surface area (Å²) in [6.45, 7) is 5.55. The highest BCUT2D eigenvalue weighted by Crippen LogP contribution is 2.14. The molecular formula is C17H25N5O4S. The number of rotatable bonds is 7. The number of sulfonamides is 1. The van der Waals surface area contributed by atoms with Gasteiger partial charge in [-0.2, -0.15) is 0 Å². The van der Waals surface area contributed by atoms with Crippen LogP contribution in [0.1, 0.15) is 12.8 Å². The predicted molar refractivity (Wildman–Crippen MR) is 104 cm³/mol. The molecule has 2 aromatic rings. The molecule has 0 aliphatic carbocycles. The van der Waals surface area contributed by atoms with Crippen LogP contribution in [0.15, 0.2) is 32.7 Å². The zero-order chi connectivity index (χ0) is 19.4. The molecule has 0 saturated carbocycles. The third kappa shape index (κ3) is 5.04. The fourth-order valence-corrected chi connectivity index (χ4v) is 4.23. The molecule has 1 aliphatic rings. The summed E-state index contributed by atoms with van der Waals surface area (Å²) >= 11 is 0. The molecule has 1 fully saturated rings. The molecule has 0 radical (unpaired) electrons. The quantitative estimate of drug-likeness (QED) is 0.545. The summed E-state index contributed by atoms with van der Waals surface area (Å²) < 4.78 is 27.5. The van der Waals surface area contributed by atoms with Crippen molar-refractivity contribution in [2.24, 2.45) is 0 Å². The van der Waals surface area contributed by atoms with Gasteiger partial charge < -0.3 is 14.8 Å². The summed E-state index contributed by atoms with van der Waals surface area (Å²) in [4.78, 5) is 32.4. The summed E-state index contributed by atoms with van der Waals surface area (Å²) in [5.41, 5.74) is -0.936. The van der Waals surface area contributed by atoms with Gasteiger partial charge in [-0.05, 0) is 44.6 Å². The van der Waals surface area contributed by atoms with Crippen LogP contribution < -0.4 is 16.0 Å². The molecule has 10 heteroatoms. The van der Waals surface area contributed by atoms with Crippen LogP contribution in [0.5, 0.6) is 0 Å². The van der Waals surface area contributed by atoms with Gasteiger partial charge >= 0.3 is 5.69 Å². The molecule has 3 N–H and O–H groups in total. The van der Waals surface area contributed by atoms with Gasteiger partial charge in [-0.3, -0.25) is 9.78 Å². The molecule has 1 aromatic carbocycles. The lowest BCUT2D eigenvalue weighted by molar-refractivity contribution is 0.152. The number of hydrogen-bond donors (Lipinski definition) is 3. The average molecular weight is 395 g/mol. The second kappa shape index (κ2) is 8.34. The second-order valence-corrected chi connectivity index (χ2v) is 8.63. The van der Waals surface area contributed by atoms with Gasteiger partial charge in [0, 0.05) is 32.7 Å². The van der Waals surface area contributed by atoms with E-state index in [1.54, 1.807) is 0 Å². The Kier molecular flexibility index (Phi) is 6.10. The fourth-order valence-electron chi connectivity index (χ4n) is 3.13. The van der Waals surface area contributed by atoms with Gasteiger partial charge in [-0.25, -0.2) is 17.9 Å². The van der Waals surface area contributed by atoms with Crippen molar-refractivity contribution >= 4 is 20.9 Å². The van der Waals surface area contributed by atoms with E-state index in [2.05, 4.69) is 31.5 Å². The van der Waals surface area contributed by atoms with E-state index in [1.165, 1.54) is 18.2 Å². The smallest absolute Gasteiger partial charge is 0.307 e. The molecule has 0 unspecified atom stereocenters. The SMILES string of the molecule is CN1CCN(CCCCNS(=O)(=O)c2ccc3[nH]c(=O)[nH]c(=O)c3c2)CC1. The molecule has 148 valence electrons. The van der Waals surface area contributed by atoms with Crippen LogP contribution in [0.4, 0.5) is 0 Å². The largest absolute Gasteiger partial charge is 0.326 e. The van der Waals surface area contributed by atoms with Crippen LogP contribution in [0, 0.1) is 0 Å². The fraction of sp³-hybridized carbons (Fsp3) is 0.529. The van der Waals surface area contributed by atoms with Crippen molar-refractivity contribution in [1.29, 1.82) is 0 Å². The number of unbranched alkanes of at least 4 members (excludes halogenated alkanes) is 1. The zero-order valence-corrected chi connectivity index (χ0v) is 16.1. The van der Waals surface area contributed by atoms with Crippen molar-refractivity contribution in [3.8, 4) is 0 Å². The lowest BCUT2D eigenvalue weighted by Crippen LogP contribution is -2.44. The minimum absolute atomic E-state index is 0.00613. The van der Waals surface area contributed by atoms with E-state index in [1.807, 2.05) is 0 Å². The Morgan fingerprint density at radius 3 is 2.56 bits per heavy atom. The van der Waals surface area contributed by atoms with Gasteiger partial charge in [0.1, 0.15) is 0 Å². The predicted octanol–water partition coefficient (Wildman–Crippen LogP) is -0.478. The number of piperazine rings is 1. The van der Waals surface area contributed by atoms with Crippen LogP contribution in [-0.2, 0) is 10.0 Å². The molecule has 9 nitrogen and oxygen atoms in total. The van der Waals surface area contributed by atoms with Gasteiger partial charge in [0.25, 0.3) is 5.56 Å². The Labute approximate surface area is 157 Å². The third-order valence-electron chi connectivity index (χ3n) is 4.81. The first-order chi connectivity index (χ1) is 12.8. The van der Waals surface area contributed by atoms with Gasteiger partial charge in [0.15, 0.2) is 0 Å². The van der Waals surface area contributed by atoms with Crippen LogP contribution in [0.25, 0.3) is 10.9 Å². The van der Waals surface area contributed by atoms with Gasteiger partial charge in [-0.15, -0.1) is 0 Å². The molecule has 1 saturated heterocycles. The number of fused-ring (bicyclic) bond motifs is 1. The molecule has 0 bridgehead atoms. The first-order valence-corrected chi connectivity index (χ1v) is 10.5. The summed E-state index contributed by atoms with van der Waals surface area (Å²) in [5, 5.41) is 0.132. The number of likely N-dealkylation sites (N-methyl/N-ethyl adjacent to an activating group) is 1. The molecule has 0 atom stereocenters. The minimum atomic E-state index is -3.71. The Balaban J connectivity index is 1.54. The van der Waals surface area contributed by atoms with Gasteiger partial charge in [-0.1, -0.05) is 0 Å². The maximum atomic E-state index is 12.4. The van der Waals surface area contributed by atoms with Crippen molar-refractivity contribution in [3.63, 3.8) is 0 Å². The Morgan fingerprint density at radius 1 is 1.07 bits per heavy atom. The van der Waals surface area contributed by atoms with Crippen molar-refractivity contribution in [2.45, 2.75) is 17.7 Å². The Hall–Kier alpha value is -2.01. The molecule has 0 amide bonds. The van der Waals surface area contributed by atoms with Crippen LogP contribution in [-0.4, -0.2) is 74.5 Å². The normalized spacial score (nSPS) is 16.8. The summed E-state index contributed by atoms with van der Waals surface area (Å²) in [6, 6.07) is 4.08. The first-order valence-electron chi connectivity index (χ1n) is 9.02. The summed E-state index contributed by atoms with van der Waals surface area (Å²) in [7, 11) is -1.59. The number of nitrogens with zero attached hydrogens (tertiary/aromatic N) is 2. The maximum absolute atomic E-state index is 12.4. The highest BCUT2D eigenvalue weighted by molar-refractivity contribution is 7.89. The standard InChI is InChI=1S/C17H25N5O4S/c1-21-8-10-22(11-9-21)7-3-2-6-18-27(25,26)13-4-5-15-14(12-13)16(23)20-17(24)19-15/h4-5,12,18H,2-3,6-11H2,1H3,(H2,19,20,23,24). The molecule has 1 aliphatic heterocycles. The van der Waals surface area contributed by atoms with E-state index in [9.17, 15) is 18.0 Å². The molecule has 27 heavy (non-hydrogen) atoms. The van der Waals surface area contributed by atoms with Gasteiger partial charge in [0.05, 0.1) is 15.8 Å². The highest BCUT2D eigenvalue weighted by Gasteiger charge is 2.16. The van der Waals surface area contributed by atoms with E-state index >= 15 is 0 Å². The molecular weight excluding hydrogens is 370 g/mol. The van der Waals surface area contributed by atoms with E-state index in [0.717, 1.165) is 45.6 Å². The topological polar surface area (TPSA) is 118 Å². The summed E-state index contributed by atoms with van der Waals surface area (Å²) in [6.07, 6.45) is 1.66. The molecule has 1 aromatic heterocycles. The van der Waals surface area contributed by atoms with E-state index in [-0.39, 0.29) is 10.3 Å².